The average molecular weight is 2100 g/mol. The number of nitrogens with zero attached hydrogens (tertiary/aromatic N) is 6. The van der Waals surface area contributed by atoms with Crippen LogP contribution >= 0.6 is 184 Å². The second-order valence-electron chi connectivity index (χ2n) is 28.4. The number of ketones is 1. The zero-order valence-corrected chi connectivity index (χ0v) is 80.5. The highest BCUT2D eigenvalue weighted by molar-refractivity contribution is 9.10. The number of primary sulfonamides is 2. The van der Waals surface area contributed by atoms with Gasteiger partial charge in [0.2, 0.25) is 54.4 Å². The van der Waals surface area contributed by atoms with Gasteiger partial charge in [0, 0.05) is 34.2 Å². The van der Waals surface area contributed by atoms with E-state index in [0.29, 0.717) is 108 Å². The number of halogens is 12. The summed E-state index contributed by atoms with van der Waals surface area (Å²) in [7, 11) is -7.67. The van der Waals surface area contributed by atoms with E-state index in [4.69, 9.17) is 161 Å². The van der Waals surface area contributed by atoms with Gasteiger partial charge in [0.1, 0.15) is 11.7 Å². The van der Waals surface area contributed by atoms with Crippen LogP contribution in [-0.2, 0) is 45.6 Å². The molecule has 5 fully saturated rings. The van der Waals surface area contributed by atoms with Crippen LogP contribution in [0.3, 0.4) is 0 Å². The van der Waals surface area contributed by atoms with Crippen LogP contribution in [0, 0.1) is 4.77 Å². The summed E-state index contributed by atoms with van der Waals surface area (Å²) in [6.45, 7) is 2.92. The maximum absolute atomic E-state index is 12.5. The van der Waals surface area contributed by atoms with Gasteiger partial charge in [-0.1, -0.05) is 184 Å². The molecule has 5 aliphatic carbocycles. The highest BCUT2D eigenvalue weighted by Gasteiger charge is 2.29. The number of aromatic nitrogens is 6. The number of hydrogen-bond acceptors (Lipinski definition) is 19. The molecule has 654 valence electrons. The van der Waals surface area contributed by atoms with Crippen LogP contribution in [0.4, 0.5) is 46.0 Å². The van der Waals surface area contributed by atoms with Crippen molar-refractivity contribution in [3.05, 3.63) is 256 Å². The summed E-state index contributed by atoms with van der Waals surface area (Å²) >= 11 is 76.6. The van der Waals surface area contributed by atoms with Gasteiger partial charge < -0.3 is 38.9 Å². The monoisotopic (exact) mass is 2100 g/mol. The van der Waals surface area contributed by atoms with Crippen LogP contribution in [0.15, 0.2) is 193 Å². The number of thiocarbonyl (C=S) groups is 1. The molecule has 16 N–H and O–H groups in total. The number of nitrogens with one attached hydrogen (secondary N) is 4. The number of thioether (sulfide) groups is 1. The van der Waals surface area contributed by atoms with Gasteiger partial charge in [-0.3, -0.25) is 28.3 Å². The number of H-pyrrole nitrogens is 1. The van der Waals surface area contributed by atoms with E-state index < -0.39 is 26.0 Å². The van der Waals surface area contributed by atoms with E-state index in [1.165, 1.54) is 148 Å². The number of carbonyl (C=O) groups excluding carboxylic acids is 4. The molecule has 0 radical (unpaired) electrons. The van der Waals surface area contributed by atoms with E-state index in [0.717, 1.165) is 32.5 Å². The summed E-state index contributed by atoms with van der Waals surface area (Å²) in [5.74, 6) is 2.99. The number of rotatable bonds is 19. The van der Waals surface area contributed by atoms with Crippen molar-refractivity contribution < 1.29 is 36.0 Å². The number of aromatic amines is 1. The van der Waals surface area contributed by atoms with Gasteiger partial charge in [0.15, 0.2) is 5.16 Å². The normalized spacial score (nSPS) is 13.5. The Morgan fingerprint density at radius 2 is 0.879 bits per heavy atom. The van der Waals surface area contributed by atoms with Crippen LogP contribution < -0.4 is 49.2 Å². The van der Waals surface area contributed by atoms with Crippen LogP contribution in [0.5, 0.6) is 0 Å². The number of alkyl halides is 1. The molecule has 0 unspecified atom stereocenters. The average Bonchev–Trinajstić information content (AvgIpc) is 1.52. The quantitative estimate of drug-likeness (QED) is 0.0118. The number of nitrogen functional groups attached to an aromatic ring is 4. The third-order valence-electron chi connectivity index (χ3n) is 18.5. The second kappa shape index (κ2) is 46.5. The molecule has 2 heterocycles. The van der Waals surface area contributed by atoms with Crippen molar-refractivity contribution in [3.8, 4) is 11.4 Å². The molecule has 9 aromatic carbocycles. The van der Waals surface area contributed by atoms with E-state index in [1.807, 2.05) is 84.9 Å². The third kappa shape index (κ3) is 31.5. The zero-order valence-electron chi connectivity index (χ0n) is 65.7. The number of amides is 3. The second-order valence-corrected chi connectivity index (χ2v) is 38.8. The van der Waals surface area contributed by atoms with Gasteiger partial charge in [-0.25, -0.2) is 32.2 Å². The Morgan fingerprint density at radius 1 is 0.492 bits per heavy atom. The van der Waals surface area contributed by atoms with Gasteiger partial charge in [-0.2, -0.15) is 4.99 Å². The lowest BCUT2D eigenvalue weighted by Gasteiger charge is -2.11. The Balaban J connectivity index is 0.000000166. The number of nitrogens with two attached hydrogens (primary N) is 6. The first-order chi connectivity index (χ1) is 58.7. The minimum absolute atomic E-state index is 0.0250. The number of Topliss-reactive ketones (excluding diaryl/α,β-unsaturated/α-hetero) is 1. The molecule has 16 rings (SSSR count). The summed E-state index contributed by atoms with van der Waals surface area (Å²) < 4.78 is 50.3. The van der Waals surface area contributed by atoms with Crippen LogP contribution in [0.25, 0.3) is 11.4 Å². The molecule has 5 aliphatic rings. The number of aliphatic imine (C=N–C) groups is 1. The third-order valence-corrected chi connectivity index (χ3v) is 25.7. The molecule has 0 spiro atoms. The summed E-state index contributed by atoms with van der Waals surface area (Å²) in [6, 6.07) is 48.0. The van der Waals surface area contributed by atoms with Gasteiger partial charge in [0.25, 0.3) is 0 Å². The molecule has 41 heteroatoms. The number of isothiocyanates is 1. The topological polar surface area (TPSA) is 405 Å². The smallest absolute Gasteiger partial charge is 0.239 e. The maximum Gasteiger partial charge on any atom is 0.239 e. The molecule has 2 aromatic heterocycles. The molecule has 24 nitrogen and oxygen atoms in total. The summed E-state index contributed by atoms with van der Waals surface area (Å²) in [6.07, 6.45) is 12.6. The van der Waals surface area contributed by atoms with Crippen LogP contribution in [0.1, 0.15) is 141 Å². The first-order valence-corrected chi connectivity index (χ1v) is 47.9. The molecule has 0 aliphatic heterocycles. The van der Waals surface area contributed by atoms with Gasteiger partial charge in [-0.15, -0.1) is 26.9 Å². The summed E-state index contributed by atoms with van der Waals surface area (Å²) in [4.78, 5) is 48.6. The van der Waals surface area contributed by atoms with Crippen LogP contribution in [0.2, 0.25) is 45.2 Å². The van der Waals surface area contributed by atoms with Crippen molar-refractivity contribution in [2.75, 3.05) is 50.5 Å². The summed E-state index contributed by atoms with van der Waals surface area (Å²) in [5.41, 5.74) is 34.7. The van der Waals surface area contributed by atoms with Gasteiger partial charge in [-0.05, 0) is 279 Å². The SMILES string of the molecule is CC(=O)Nc1ccc(Br)cc1Cl.CC(=O)Nc1ccc(C2CC2)cc1Cl.NS(=O)(=O)c1ccc(NC(=O)CCl)c(Cl)c1.Nc1ccc(Br)cc1Cl.Nc1ccc(C2CC2)cc1Cl.Nc1n[nH]c(=S)n1-c1ccc(C2CC2)cc1Cl.Nc1nnc(SCC(=O)Cc2ccc(S(N)(=O)=O)cc2Cl)n1-c1ccc(C2CC2)cc1Cl.S=C=Nc1ccc(C2CC2)cc1Cl. The number of benzene rings is 9. The van der Waals surface area contributed by atoms with Crippen molar-refractivity contribution in [2.24, 2.45) is 15.3 Å². The first-order valence-electron chi connectivity index (χ1n) is 37.5. The highest BCUT2D eigenvalue weighted by atomic mass is 79.9. The fraction of sp³-hybridized carbons (Fsp3) is 0.241. The summed E-state index contributed by atoms with van der Waals surface area (Å²) in [5, 5.41) is 39.5. The first kappa shape index (κ1) is 100. The molecule has 3 amide bonds. The predicted octanol–water partition coefficient (Wildman–Crippen LogP) is 23.5. The zero-order chi connectivity index (χ0) is 90.6. The van der Waals surface area contributed by atoms with E-state index in [2.05, 4.69) is 109 Å². The molecular formula is C83H80Br2Cl10N16O8S5. The largest absolute Gasteiger partial charge is 0.398 e. The Bertz CT molecular complexity index is 6110. The van der Waals surface area contributed by atoms with Crippen molar-refractivity contribution in [1.82, 2.24) is 29.5 Å². The number of hydrogen-bond donors (Lipinski definition) is 10. The van der Waals surface area contributed by atoms with Gasteiger partial charge >= 0.3 is 0 Å². The fourth-order valence-corrected chi connectivity index (χ4v) is 16.9. The minimum Gasteiger partial charge on any atom is -0.398 e. The van der Waals surface area contributed by atoms with Crippen molar-refractivity contribution in [1.29, 1.82) is 0 Å². The molecule has 0 saturated heterocycles. The Labute approximate surface area is 798 Å². The maximum atomic E-state index is 12.5. The number of carbonyl (C=O) groups is 4. The Hall–Kier alpha value is -7.41. The van der Waals surface area contributed by atoms with Gasteiger partial charge in [0.05, 0.1) is 106 Å². The molecule has 11 aromatic rings. The minimum atomic E-state index is -3.87. The lowest BCUT2D eigenvalue weighted by molar-refractivity contribution is -0.116. The molecule has 124 heavy (non-hydrogen) atoms. The van der Waals surface area contributed by atoms with Crippen molar-refractivity contribution in [3.63, 3.8) is 0 Å². The van der Waals surface area contributed by atoms with E-state index in [-0.39, 0.29) is 67.1 Å². The predicted molar refractivity (Wildman–Crippen MR) is 518 cm³/mol. The van der Waals surface area contributed by atoms with E-state index >= 15 is 0 Å². The lowest BCUT2D eigenvalue weighted by atomic mass is 10.1. The van der Waals surface area contributed by atoms with E-state index in [9.17, 15) is 36.0 Å². The lowest BCUT2D eigenvalue weighted by Crippen LogP contribution is -2.14. The molecule has 0 bridgehead atoms. The number of anilines is 7. The van der Waals surface area contributed by atoms with Crippen LogP contribution in [-0.4, -0.2) is 86.7 Å². The molecule has 0 atom stereocenters. The van der Waals surface area contributed by atoms with Crippen molar-refractivity contribution in [2.45, 2.75) is 129 Å². The highest BCUT2D eigenvalue weighted by Crippen LogP contribution is 2.46. The molecular weight excluding hydrogens is 2020 g/mol. The standard InChI is InChI=1S/C20H19Cl2N5O3S2.C11H11ClN4S.C11H12ClNO.C10H8ClNS.C9H10ClN.C8H7BrClNO.C8H8Cl2N2O3S.C6H5BrClN/c21-16-9-15(32(24,29)30)5-3-13(16)7-14(28)10-31-20-26-25-19(23)27(20)18-6-4-12(8-17(18)22)11-1-2-11;12-8-5-7(6-1-2-6)3-4-9(8)16-10(13)14-15-11(16)17;1-7(14)13-11-5-4-9(6-10(11)12)8-2-3-8;11-9-5-8(7-1-2-7)3-4-10(9)12-6-13;10-8-5-7(6-1-2-6)3-4-9(8)11;1-5(12)11-8-3-2-6(9)4-7(8)10;9-4-8(13)12-7-2-1-5(3-6(7)10)16(11,14)15;7-4-1-2-6(9)5(8)3-4/h3-6,8-9,11H,1-2,7,10H2,(H2,23,25)(H2,24,29,30);3-6H,1-2H2,(H2,13,14)(H,15,17);4-6,8H,2-3H2,1H3,(H,13,14);3-5,7H,1-2H2;3-6H,1-2,11H2;2-4H,1H3,(H,11,12);1-3H,4H2,(H,12,13)(H2,11,14,15);1-3H,9H2. The number of sulfonamides is 2. The fourth-order valence-electron chi connectivity index (χ4n) is 11.4. The molecule has 5 saturated carbocycles. The van der Waals surface area contributed by atoms with E-state index in [1.54, 1.807) is 33.4 Å². The Kier molecular flexibility index (Phi) is 37.7. The van der Waals surface area contributed by atoms with Crippen molar-refractivity contribution >= 4 is 279 Å². The Morgan fingerprint density at radius 3 is 1.28 bits per heavy atom.